The van der Waals surface area contributed by atoms with Crippen molar-refractivity contribution in [1.29, 1.82) is 0 Å². The van der Waals surface area contributed by atoms with Crippen molar-refractivity contribution in [3.63, 3.8) is 0 Å². The number of halogens is 4. The van der Waals surface area contributed by atoms with Crippen LogP contribution in [0.2, 0.25) is 5.02 Å². The van der Waals surface area contributed by atoms with E-state index in [1.165, 1.54) is 11.0 Å². The molecule has 0 radical (unpaired) electrons. The van der Waals surface area contributed by atoms with Crippen molar-refractivity contribution >= 4 is 29.1 Å². The molecule has 0 saturated heterocycles. The van der Waals surface area contributed by atoms with E-state index in [-0.39, 0.29) is 5.02 Å². The molecule has 0 aromatic heterocycles. The summed E-state index contributed by atoms with van der Waals surface area (Å²) in [7, 11) is 0. The predicted octanol–water partition coefficient (Wildman–Crippen LogP) is 4.74. The lowest BCUT2D eigenvalue weighted by Crippen LogP contribution is -2.33. The van der Waals surface area contributed by atoms with Crippen LogP contribution in [0, 0.1) is 0 Å². The van der Waals surface area contributed by atoms with Crippen molar-refractivity contribution in [2.24, 2.45) is 0 Å². The van der Waals surface area contributed by atoms with E-state index in [2.05, 4.69) is 5.32 Å². The van der Waals surface area contributed by atoms with Gasteiger partial charge in [-0.05, 0) is 30.7 Å². The first-order chi connectivity index (χ1) is 12.7. The van der Waals surface area contributed by atoms with Crippen LogP contribution in [0.4, 0.5) is 18.9 Å². The fourth-order valence-corrected chi connectivity index (χ4v) is 2.66. The van der Waals surface area contributed by atoms with Crippen molar-refractivity contribution < 1.29 is 22.8 Å². The zero-order valence-electron chi connectivity index (χ0n) is 14.5. The highest BCUT2D eigenvalue weighted by atomic mass is 35.5. The van der Waals surface area contributed by atoms with Crippen LogP contribution in [0.25, 0.3) is 0 Å². The van der Waals surface area contributed by atoms with Crippen LogP contribution in [0.3, 0.4) is 0 Å². The molecule has 0 unspecified atom stereocenters. The third-order valence-electron chi connectivity index (χ3n) is 3.82. The first-order valence-electron chi connectivity index (χ1n) is 8.19. The van der Waals surface area contributed by atoms with Crippen LogP contribution in [0.15, 0.2) is 48.5 Å². The molecule has 2 amide bonds. The second-order valence-corrected chi connectivity index (χ2v) is 6.24. The molecule has 27 heavy (non-hydrogen) atoms. The van der Waals surface area contributed by atoms with Gasteiger partial charge in [-0.15, -0.1) is 0 Å². The summed E-state index contributed by atoms with van der Waals surface area (Å²) in [5.41, 5.74) is -0.603. The maximum atomic E-state index is 13.1. The van der Waals surface area contributed by atoms with Gasteiger partial charge in [0.05, 0.1) is 11.3 Å². The number of nitrogens with one attached hydrogen (secondary N) is 1. The van der Waals surface area contributed by atoms with Crippen LogP contribution in [0.5, 0.6) is 0 Å². The van der Waals surface area contributed by atoms with E-state index in [1.807, 2.05) is 30.3 Å². The molecule has 8 heteroatoms. The van der Waals surface area contributed by atoms with Gasteiger partial charge in [-0.1, -0.05) is 41.9 Å². The molecule has 2 aromatic rings. The Balaban J connectivity index is 2.05. The molecule has 0 bridgehead atoms. The minimum Gasteiger partial charge on any atom is -0.338 e. The SMILES string of the molecule is CCN(Cc1ccccc1)C(=O)CC(=O)Nc1ccc(Cl)cc1C(F)(F)F. The standard InChI is InChI=1S/C19H18ClF3N2O2/c1-2-25(12-13-6-4-3-5-7-13)18(27)11-17(26)24-16-9-8-14(20)10-15(16)19(21,22)23/h3-10H,2,11-12H2,1H3,(H,24,26). The summed E-state index contributed by atoms with van der Waals surface area (Å²) in [5, 5.41) is 2.05. The summed E-state index contributed by atoms with van der Waals surface area (Å²) in [5.74, 6) is -1.29. The Morgan fingerprint density at radius 1 is 1.11 bits per heavy atom. The number of hydrogen-bond donors (Lipinski definition) is 1. The first kappa shape index (κ1) is 20.8. The molecule has 1 N–H and O–H groups in total. The van der Waals surface area contributed by atoms with Gasteiger partial charge >= 0.3 is 6.18 Å². The van der Waals surface area contributed by atoms with Crippen molar-refractivity contribution in [1.82, 2.24) is 4.90 Å². The van der Waals surface area contributed by atoms with Crippen LogP contribution in [0.1, 0.15) is 24.5 Å². The van der Waals surface area contributed by atoms with Gasteiger partial charge in [0, 0.05) is 18.1 Å². The zero-order chi connectivity index (χ0) is 20.0. The number of carbonyl (C=O) groups excluding carboxylic acids is 2. The van der Waals surface area contributed by atoms with Gasteiger partial charge in [-0.25, -0.2) is 0 Å². The average molecular weight is 399 g/mol. The number of carbonyl (C=O) groups is 2. The molecule has 4 nitrogen and oxygen atoms in total. The molecule has 2 rings (SSSR count). The monoisotopic (exact) mass is 398 g/mol. The maximum absolute atomic E-state index is 13.1. The Bertz CT molecular complexity index is 810. The van der Waals surface area contributed by atoms with Crippen molar-refractivity contribution in [3.05, 3.63) is 64.7 Å². The Hall–Kier alpha value is -2.54. The Labute approximate surface area is 159 Å². The fraction of sp³-hybridized carbons (Fsp3) is 0.263. The molecule has 0 saturated carbocycles. The Morgan fingerprint density at radius 3 is 2.37 bits per heavy atom. The lowest BCUT2D eigenvalue weighted by Gasteiger charge is -2.21. The van der Waals surface area contributed by atoms with Gasteiger partial charge in [0.1, 0.15) is 6.42 Å². The summed E-state index contributed by atoms with van der Waals surface area (Å²) < 4.78 is 39.2. The maximum Gasteiger partial charge on any atom is 0.418 e. The molecular weight excluding hydrogens is 381 g/mol. The second kappa shape index (κ2) is 8.90. The summed E-state index contributed by atoms with van der Waals surface area (Å²) in [6.07, 6.45) is -5.24. The topological polar surface area (TPSA) is 49.4 Å². The molecule has 0 aliphatic rings. The van der Waals surface area contributed by atoms with Crippen molar-refractivity contribution in [2.75, 3.05) is 11.9 Å². The quantitative estimate of drug-likeness (QED) is 0.715. The number of benzene rings is 2. The minimum atomic E-state index is -4.68. The number of nitrogens with zero attached hydrogens (tertiary/aromatic N) is 1. The lowest BCUT2D eigenvalue weighted by atomic mass is 10.1. The highest BCUT2D eigenvalue weighted by Crippen LogP contribution is 2.36. The minimum absolute atomic E-state index is 0.101. The van der Waals surface area contributed by atoms with E-state index in [0.29, 0.717) is 13.1 Å². The number of anilines is 1. The van der Waals surface area contributed by atoms with E-state index >= 15 is 0 Å². The molecule has 0 aliphatic heterocycles. The summed E-state index contributed by atoms with van der Waals surface area (Å²) in [6.45, 7) is 2.45. The van der Waals surface area contributed by atoms with Crippen LogP contribution >= 0.6 is 11.6 Å². The highest BCUT2D eigenvalue weighted by Gasteiger charge is 2.34. The summed E-state index contributed by atoms with van der Waals surface area (Å²) >= 11 is 5.61. The van der Waals surface area contributed by atoms with E-state index in [9.17, 15) is 22.8 Å². The third-order valence-corrected chi connectivity index (χ3v) is 4.06. The Kier molecular flexibility index (Phi) is 6.85. The first-order valence-corrected chi connectivity index (χ1v) is 8.56. The number of rotatable bonds is 6. The largest absolute Gasteiger partial charge is 0.418 e. The molecule has 0 atom stereocenters. The van der Waals surface area contributed by atoms with Crippen LogP contribution < -0.4 is 5.32 Å². The van der Waals surface area contributed by atoms with Crippen LogP contribution in [-0.2, 0) is 22.3 Å². The third kappa shape index (κ3) is 5.99. The lowest BCUT2D eigenvalue weighted by molar-refractivity contribution is -0.137. The highest BCUT2D eigenvalue weighted by molar-refractivity contribution is 6.30. The molecule has 2 aromatic carbocycles. The molecule has 0 aliphatic carbocycles. The molecule has 0 heterocycles. The van der Waals surface area contributed by atoms with Gasteiger partial charge in [-0.3, -0.25) is 9.59 Å². The van der Waals surface area contributed by atoms with E-state index in [4.69, 9.17) is 11.6 Å². The zero-order valence-corrected chi connectivity index (χ0v) is 15.3. The van der Waals surface area contributed by atoms with Gasteiger partial charge in [0.15, 0.2) is 0 Å². The van der Waals surface area contributed by atoms with Crippen LogP contribution in [-0.4, -0.2) is 23.3 Å². The summed E-state index contributed by atoms with van der Waals surface area (Å²) in [6, 6.07) is 12.2. The number of amides is 2. The van der Waals surface area contributed by atoms with Crippen molar-refractivity contribution in [2.45, 2.75) is 26.1 Å². The Morgan fingerprint density at radius 2 is 1.78 bits per heavy atom. The van der Waals surface area contributed by atoms with Gasteiger partial charge < -0.3 is 10.2 Å². The second-order valence-electron chi connectivity index (χ2n) is 5.81. The van der Waals surface area contributed by atoms with E-state index in [1.54, 1.807) is 6.92 Å². The summed E-state index contributed by atoms with van der Waals surface area (Å²) in [4.78, 5) is 25.9. The normalized spacial score (nSPS) is 11.1. The van der Waals surface area contributed by atoms with E-state index in [0.717, 1.165) is 17.7 Å². The van der Waals surface area contributed by atoms with Crippen molar-refractivity contribution in [3.8, 4) is 0 Å². The van der Waals surface area contributed by atoms with E-state index < -0.39 is 35.7 Å². The van der Waals surface area contributed by atoms with Gasteiger partial charge in [0.2, 0.25) is 11.8 Å². The van der Waals surface area contributed by atoms with Gasteiger partial charge in [0.25, 0.3) is 0 Å². The molecule has 144 valence electrons. The molecular formula is C19H18ClF3N2O2. The number of hydrogen-bond acceptors (Lipinski definition) is 2. The molecule has 0 fully saturated rings. The predicted molar refractivity (Wildman–Crippen MR) is 97.2 cm³/mol. The smallest absolute Gasteiger partial charge is 0.338 e. The van der Waals surface area contributed by atoms with Gasteiger partial charge in [-0.2, -0.15) is 13.2 Å². The molecule has 0 spiro atoms. The average Bonchev–Trinajstić information content (AvgIpc) is 2.61. The fourth-order valence-electron chi connectivity index (χ4n) is 2.48. The number of alkyl halides is 3.